The minimum absolute atomic E-state index is 0.0644. The van der Waals surface area contributed by atoms with Gasteiger partial charge >= 0.3 is 0 Å². The van der Waals surface area contributed by atoms with E-state index in [1.54, 1.807) is 26.0 Å². The lowest BCUT2D eigenvalue weighted by Crippen LogP contribution is -2.23. The van der Waals surface area contributed by atoms with Crippen molar-refractivity contribution < 1.29 is 8.42 Å². The van der Waals surface area contributed by atoms with E-state index in [1.165, 1.54) is 0 Å². The molecule has 1 heterocycles. The normalized spacial score (nSPS) is 12.2. The quantitative estimate of drug-likeness (QED) is 0.917. The van der Waals surface area contributed by atoms with Gasteiger partial charge in [-0.25, -0.2) is 8.42 Å². The van der Waals surface area contributed by atoms with Crippen LogP contribution in [0.15, 0.2) is 12.1 Å². The number of benzene rings is 1. The van der Waals surface area contributed by atoms with E-state index in [1.807, 2.05) is 0 Å². The fraction of sp³-hybridized carbons (Fsp3) is 0.455. The molecule has 2 aromatic rings. The number of anilines is 1. The predicted molar refractivity (Wildman–Crippen MR) is 79.8 cm³/mol. The lowest BCUT2D eigenvalue weighted by Gasteiger charge is -2.10. The van der Waals surface area contributed by atoms with Crippen LogP contribution in [0.3, 0.4) is 0 Å². The molecule has 0 saturated heterocycles. The van der Waals surface area contributed by atoms with Gasteiger partial charge in [0.15, 0.2) is 9.84 Å². The molecule has 104 valence electrons. The number of fused-ring (bicyclic) bond motifs is 1. The van der Waals surface area contributed by atoms with Crippen LogP contribution in [0.1, 0.15) is 13.8 Å². The Morgan fingerprint density at radius 3 is 2.79 bits per heavy atom. The fourth-order valence-corrected chi connectivity index (χ4v) is 3.17. The van der Waals surface area contributed by atoms with Gasteiger partial charge in [-0.05, 0) is 26.0 Å². The van der Waals surface area contributed by atoms with Crippen LogP contribution in [0.25, 0.3) is 11.0 Å². The molecule has 2 rings (SSSR count). The maximum Gasteiger partial charge on any atom is 0.154 e. The summed E-state index contributed by atoms with van der Waals surface area (Å²) >= 11 is 7.20. The number of sulfone groups is 1. The second kappa shape index (κ2) is 5.60. The van der Waals surface area contributed by atoms with E-state index in [0.717, 1.165) is 17.2 Å². The molecule has 0 bridgehead atoms. The number of halogens is 1. The zero-order chi connectivity index (χ0) is 14.0. The van der Waals surface area contributed by atoms with E-state index >= 15 is 0 Å². The molecule has 0 aliphatic rings. The average molecular weight is 320 g/mol. The highest BCUT2D eigenvalue weighted by Gasteiger charge is 2.16. The molecule has 0 unspecified atom stereocenters. The molecule has 0 atom stereocenters. The number of nitrogens with zero attached hydrogens (tertiary/aromatic N) is 2. The van der Waals surface area contributed by atoms with Gasteiger partial charge in [-0.15, -0.1) is 0 Å². The summed E-state index contributed by atoms with van der Waals surface area (Å²) < 4.78 is 31.7. The zero-order valence-corrected chi connectivity index (χ0v) is 12.9. The van der Waals surface area contributed by atoms with Crippen LogP contribution in [-0.2, 0) is 9.84 Å². The average Bonchev–Trinajstić information content (AvgIpc) is 2.80. The van der Waals surface area contributed by atoms with Crippen molar-refractivity contribution in [2.75, 3.05) is 17.6 Å². The van der Waals surface area contributed by atoms with Crippen LogP contribution < -0.4 is 5.32 Å². The SMILES string of the molecule is CC(C)S(=O)(=O)CCNc1c(Cl)ccc2nsnc12. The van der Waals surface area contributed by atoms with Gasteiger partial charge in [0.25, 0.3) is 0 Å². The Kier molecular flexibility index (Phi) is 4.27. The molecule has 1 N–H and O–H groups in total. The molecule has 0 fully saturated rings. The Hall–Kier alpha value is -0.920. The number of aromatic nitrogens is 2. The Bertz CT molecular complexity index is 682. The number of nitrogens with one attached hydrogen (secondary N) is 1. The molecule has 0 spiro atoms. The predicted octanol–water partition coefficient (Wildman–Crippen LogP) is 2.58. The summed E-state index contributed by atoms with van der Waals surface area (Å²) in [5, 5.41) is 3.19. The third-order valence-electron chi connectivity index (χ3n) is 2.78. The lowest BCUT2D eigenvalue weighted by atomic mass is 10.2. The summed E-state index contributed by atoms with van der Waals surface area (Å²) in [5.41, 5.74) is 2.08. The molecule has 19 heavy (non-hydrogen) atoms. The van der Waals surface area contributed by atoms with Gasteiger partial charge in [0.1, 0.15) is 11.0 Å². The van der Waals surface area contributed by atoms with Crippen molar-refractivity contribution in [3.63, 3.8) is 0 Å². The molecule has 1 aromatic heterocycles. The van der Waals surface area contributed by atoms with Gasteiger partial charge in [-0.3, -0.25) is 0 Å². The Morgan fingerprint density at radius 2 is 2.11 bits per heavy atom. The van der Waals surface area contributed by atoms with Crippen molar-refractivity contribution in [2.24, 2.45) is 0 Å². The summed E-state index contributed by atoms with van der Waals surface area (Å²) in [6, 6.07) is 3.52. The minimum atomic E-state index is -3.06. The van der Waals surface area contributed by atoms with Crippen LogP contribution in [0.5, 0.6) is 0 Å². The van der Waals surface area contributed by atoms with Crippen molar-refractivity contribution in [1.82, 2.24) is 8.75 Å². The summed E-state index contributed by atoms with van der Waals surface area (Å²) in [4.78, 5) is 0. The maximum absolute atomic E-state index is 11.7. The van der Waals surface area contributed by atoms with Gasteiger partial charge < -0.3 is 5.32 Å². The topological polar surface area (TPSA) is 72.0 Å². The summed E-state index contributed by atoms with van der Waals surface area (Å²) in [7, 11) is -3.06. The Labute approximate surface area is 121 Å². The van der Waals surface area contributed by atoms with Crippen LogP contribution >= 0.6 is 23.3 Å². The van der Waals surface area contributed by atoms with E-state index in [0.29, 0.717) is 22.8 Å². The van der Waals surface area contributed by atoms with E-state index in [-0.39, 0.29) is 11.0 Å². The van der Waals surface area contributed by atoms with Crippen molar-refractivity contribution in [3.05, 3.63) is 17.2 Å². The van der Waals surface area contributed by atoms with Gasteiger partial charge in [-0.1, -0.05) is 11.6 Å². The highest BCUT2D eigenvalue weighted by molar-refractivity contribution is 7.92. The molecule has 5 nitrogen and oxygen atoms in total. The zero-order valence-electron chi connectivity index (χ0n) is 10.6. The molecular formula is C11H14ClN3O2S2. The highest BCUT2D eigenvalue weighted by atomic mass is 35.5. The standard InChI is InChI=1S/C11H14ClN3O2S2/c1-7(2)19(16,17)6-5-13-10-8(12)3-4-9-11(10)15-18-14-9/h3-4,7,13H,5-6H2,1-2H3. The molecule has 8 heteroatoms. The van der Waals surface area contributed by atoms with Crippen LogP contribution in [0.4, 0.5) is 5.69 Å². The largest absolute Gasteiger partial charge is 0.381 e. The van der Waals surface area contributed by atoms with Crippen LogP contribution in [0, 0.1) is 0 Å². The first-order valence-electron chi connectivity index (χ1n) is 5.78. The van der Waals surface area contributed by atoms with Crippen LogP contribution in [0.2, 0.25) is 5.02 Å². The van der Waals surface area contributed by atoms with Gasteiger partial charge in [0, 0.05) is 6.54 Å². The van der Waals surface area contributed by atoms with E-state index in [4.69, 9.17) is 11.6 Å². The molecule has 0 amide bonds. The molecule has 0 radical (unpaired) electrons. The summed E-state index contributed by atoms with van der Waals surface area (Å²) in [6.07, 6.45) is 0. The smallest absolute Gasteiger partial charge is 0.154 e. The number of rotatable bonds is 5. The summed E-state index contributed by atoms with van der Waals surface area (Å²) in [6.45, 7) is 3.65. The third-order valence-corrected chi connectivity index (χ3v) is 5.85. The second-order valence-corrected chi connectivity index (χ2v) is 8.01. The third kappa shape index (κ3) is 3.16. The fourth-order valence-electron chi connectivity index (χ4n) is 1.55. The van der Waals surface area contributed by atoms with Crippen molar-refractivity contribution >= 4 is 49.9 Å². The first-order chi connectivity index (χ1) is 8.92. The van der Waals surface area contributed by atoms with Crippen molar-refractivity contribution in [3.8, 4) is 0 Å². The molecule has 0 saturated carbocycles. The molecule has 0 aliphatic carbocycles. The molecular weight excluding hydrogens is 306 g/mol. The molecule has 0 aliphatic heterocycles. The van der Waals surface area contributed by atoms with E-state index in [9.17, 15) is 8.42 Å². The first kappa shape index (κ1) is 14.5. The van der Waals surface area contributed by atoms with Gasteiger partial charge in [0.05, 0.1) is 33.4 Å². The lowest BCUT2D eigenvalue weighted by molar-refractivity contribution is 0.588. The second-order valence-electron chi connectivity index (χ2n) is 4.40. The number of hydrogen-bond acceptors (Lipinski definition) is 6. The first-order valence-corrected chi connectivity index (χ1v) is 8.60. The van der Waals surface area contributed by atoms with Gasteiger partial charge in [0.2, 0.25) is 0 Å². The monoisotopic (exact) mass is 319 g/mol. The Balaban J connectivity index is 2.14. The van der Waals surface area contributed by atoms with Crippen molar-refractivity contribution in [1.29, 1.82) is 0 Å². The van der Waals surface area contributed by atoms with Crippen molar-refractivity contribution in [2.45, 2.75) is 19.1 Å². The maximum atomic E-state index is 11.7. The summed E-state index contributed by atoms with van der Waals surface area (Å²) in [5.74, 6) is 0.0644. The van der Waals surface area contributed by atoms with E-state index in [2.05, 4.69) is 14.1 Å². The Morgan fingerprint density at radius 1 is 1.37 bits per heavy atom. The minimum Gasteiger partial charge on any atom is -0.381 e. The van der Waals surface area contributed by atoms with E-state index < -0.39 is 9.84 Å². The highest BCUT2D eigenvalue weighted by Crippen LogP contribution is 2.29. The number of hydrogen-bond donors (Lipinski definition) is 1. The van der Waals surface area contributed by atoms with Gasteiger partial charge in [-0.2, -0.15) is 8.75 Å². The molecule has 1 aromatic carbocycles. The van der Waals surface area contributed by atoms with Crippen LogP contribution in [-0.4, -0.2) is 34.7 Å².